The molecule has 0 spiro atoms. The van der Waals surface area contributed by atoms with Crippen LogP contribution in [0.1, 0.15) is 56.2 Å². The van der Waals surface area contributed by atoms with Gasteiger partial charge in [0.2, 0.25) is 5.91 Å². The van der Waals surface area contributed by atoms with Gasteiger partial charge < -0.3 is 5.32 Å². The zero-order valence-corrected chi connectivity index (χ0v) is 17.5. The highest BCUT2D eigenvalue weighted by Gasteiger charge is 2.36. The molecule has 5 nitrogen and oxygen atoms in total. The van der Waals surface area contributed by atoms with E-state index in [1.807, 2.05) is 71.0 Å². The Hall–Kier alpha value is -3.21. The van der Waals surface area contributed by atoms with E-state index >= 15 is 0 Å². The molecule has 1 N–H and O–H groups in total. The van der Waals surface area contributed by atoms with Crippen LogP contribution in [0.15, 0.2) is 36.4 Å². The maximum atomic E-state index is 13.4. The van der Waals surface area contributed by atoms with E-state index in [-0.39, 0.29) is 18.1 Å². The van der Waals surface area contributed by atoms with Gasteiger partial charge in [0.15, 0.2) is 5.78 Å². The molecule has 0 radical (unpaired) electrons. The van der Waals surface area contributed by atoms with E-state index in [1.54, 1.807) is 4.68 Å². The zero-order valence-electron chi connectivity index (χ0n) is 17.5. The largest absolute Gasteiger partial charge is 0.310 e. The van der Waals surface area contributed by atoms with Gasteiger partial charge in [0.1, 0.15) is 5.82 Å². The Labute approximate surface area is 170 Å². The smallest absolute Gasteiger partial charge is 0.226 e. The molecule has 0 saturated heterocycles. The molecule has 1 unspecified atom stereocenters. The van der Waals surface area contributed by atoms with E-state index in [0.717, 1.165) is 39.2 Å². The Bertz CT molecular complexity index is 1160. The van der Waals surface area contributed by atoms with Crippen LogP contribution in [0.5, 0.6) is 0 Å². The molecule has 1 aromatic heterocycles. The SMILES string of the molecule is Cc1ccc(C(=O)C2CC(=O)Nc3c2c(C)nn3-c2cccc(C)c2C)c(C)c1. The van der Waals surface area contributed by atoms with Crippen LogP contribution in [-0.4, -0.2) is 21.5 Å². The van der Waals surface area contributed by atoms with Crippen molar-refractivity contribution in [2.45, 2.75) is 47.0 Å². The highest BCUT2D eigenvalue weighted by Crippen LogP contribution is 2.39. The fourth-order valence-corrected chi connectivity index (χ4v) is 4.19. The summed E-state index contributed by atoms with van der Waals surface area (Å²) < 4.78 is 1.77. The zero-order chi connectivity index (χ0) is 20.9. The summed E-state index contributed by atoms with van der Waals surface area (Å²) in [4.78, 5) is 26.0. The second-order valence-corrected chi connectivity index (χ2v) is 7.97. The lowest BCUT2D eigenvalue weighted by molar-refractivity contribution is -0.116. The monoisotopic (exact) mass is 387 g/mol. The third kappa shape index (κ3) is 3.16. The molecule has 1 amide bonds. The van der Waals surface area contributed by atoms with E-state index < -0.39 is 5.92 Å². The number of Topliss-reactive ketones (excluding diaryl/α,β-unsaturated/α-hetero) is 1. The van der Waals surface area contributed by atoms with Crippen molar-refractivity contribution in [1.29, 1.82) is 0 Å². The minimum absolute atomic E-state index is 0.0257. The van der Waals surface area contributed by atoms with E-state index in [4.69, 9.17) is 5.10 Å². The van der Waals surface area contributed by atoms with Crippen LogP contribution in [0.4, 0.5) is 5.82 Å². The Morgan fingerprint density at radius 1 is 1.07 bits per heavy atom. The summed E-state index contributed by atoms with van der Waals surface area (Å²) in [7, 11) is 0. The lowest BCUT2D eigenvalue weighted by Crippen LogP contribution is -2.29. The summed E-state index contributed by atoms with van der Waals surface area (Å²) in [5.41, 5.74) is 7.44. The lowest BCUT2D eigenvalue weighted by Gasteiger charge is -2.24. The first-order valence-corrected chi connectivity index (χ1v) is 9.85. The molecule has 5 heteroatoms. The molecule has 1 aliphatic rings. The van der Waals surface area contributed by atoms with Crippen molar-refractivity contribution in [3.63, 3.8) is 0 Å². The number of carbonyl (C=O) groups is 2. The molecule has 4 rings (SSSR count). The third-order valence-corrected chi connectivity index (χ3v) is 5.87. The van der Waals surface area contributed by atoms with E-state index in [2.05, 4.69) is 5.32 Å². The number of amides is 1. The predicted molar refractivity (Wildman–Crippen MR) is 114 cm³/mol. The standard InChI is InChI=1S/C24H25N3O2/c1-13-9-10-18(15(3)11-13)23(29)19-12-21(28)25-24-22(19)17(5)26-27(24)20-8-6-7-14(2)16(20)4/h6-11,19H,12H2,1-5H3,(H,25,28). The summed E-state index contributed by atoms with van der Waals surface area (Å²) >= 11 is 0. The van der Waals surface area contributed by atoms with Crippen LogP contribution in [0, 0.1) is 34.6 Å². The molecule has 0 saturated carbocycles. The highest BCUT2D eigenvalue weighted by atomic mass is 16.2. The quantitative estimate of drug-likeness (QED) is 0.661. The molecule has 0 aliphatic carbocycles. The normalized spacial score (nSPS) is 15.8. The number of anilines is 1. The number of ketones is 1. The van der Waals surface area contributed by atoms with Gasteiger partial charge in [0.05, 0.1) is 17.3 Å². The Balaban J connectivity index is 1.86. The van der Waals surface area contributed by atoms with Gasteiger partial charge in [0.25, 0.3) is 0 Å². The molecule has 1 atom stereocenters. The van der Waals surface area contributed by atoms with Gasteiger partial charge in [-0.05, 0) is 57.4 Å². The molecule has 148 valence electrons. The van der Waals surface area contributed by atoms with Gasteiger partial charge in [-0.3, -0.25) is 9.59 Å². The number of rotatable bonds is 3. The van der Waals surface area contributed by atoms with Crippen molar-refractivity contribution in [2.75, 3.05) is 5.32 Å². The van der Waals surface area contributed by atoms with Crippen LogP contribution < -0.4 is 5.32 Å². The summed E-state index contributed by atoms with van der Waals surface area (Å²) in [6.45, 7) is 9.94. The number of nitrogens with zero attached hydrogens (tertiary/aromatic N) is 2. The van der Waals surface area contributed by atoms with Crippen LogP contribution in [0.2, 0.25) is 0 Å². The molecule has 1 aliphatic heterocycles. The number of aromatic nitrogens is 2. The first-order chi connectivity index (χ1) is 13.8. The second kappa shape index (κ2) is 6.99. The summed E-state index contributed by atoms with van der Waals surface area (Å²) in [5.74, 6) is -0.108. The van der Waals surface area contributed by atoms with Crippen molar-refractivity contribution in [1.82, 2.24) is 9.78 Å². The van der Waals surface area contributed by atoms with Gasteiger partial charge in [-0.1, -0.05) is 35.9 Å². The first-order valence-electron chi connectivity index (χ1n) is 9.85. The maximum absolute atomic E-state index is 13.4. The van der Waals surface area contributed by atoms with E-state index in [0.29, 0.717) is 11.4 Å². The average Bonchev–Trinajstić information content (AvgIpc) is 2.99. The van der Waals surface area contributed by atoms with Gasteiger partial charge in [-0.2, -0.15) is 5.10 Å². The molecule has 2 heterocycles. The lowest BCUT2D eigenvalue weighted by atomic mass is 9.84. The number of hydrogen-bond acceptors (Lipinski definition) is 3. The van der Waals surface area contributed by atoms with Crippen molar-refractivity contribution in [2.24, 2.45) is 0 Å². The Morgan fingerprint density at radius 2 is 1.83 bits per heavy atom. The number of carbonyl (C=O) groups excluding carboxylic acids is 2. The van der Waals surface area contributed by atoms with Gasteiger partial charge >= 0.3 is 0 Å². The molecule has 29 heavy (non-hydrogen) atoms. The minimum Gasteiger partial charge on any atom is -0.310 e. The fourth-order valence-electron chi connectivity index (χ4n) is 4.19. The summed E-state index contributed by atoms with van der Waals surface area (Å²) in [6, 6.07) is 11.8. The van der Waals surface area contributed by atoms with Crippen LogP contribution >= 0.6 is 0 Å². The van der Waals surface area contributed by atoms with Crippen molar-refractivity contribution < 1.29 is 9.59 Å². The van der Waals surface area contributed by atoms with Crippen molar-refractivity contribution >= 4 is 17.5 Å². The van der Waals surface area contributed by atoms with Gasteiger partial charge in [-0.25, -0.2) is 4.68 Å². The minimum atomic E-state index is -0.529. The molecule has 3 aromatic rings. The molecule has 2 aromatic carbocycles. The number of fused-ring (bicyclic) bond motifs is 1. The molecule has 0 fully saturated rings. The maximum Gasteiger partial charge on any atom is 0.226 e. The van der Waals surface area contributed by atoms with Crippen LogP contribution in [0.3, 0.4) is 0 Å². The number of aryl methyl sites for hydroxylation is 4. The number of hydrogen-bond donors (Lipinski definition) is 1. The molecular weight excluding hydrogens is 362 g/mol. The van der Waals surface area contributed by atoms with Crippen LogP contribution in [-0.2, 0) is 4.79 Å². The van der Waals surface area contributed by atoms with E-state index in [9.17, 15) is 9.59 Å². The fraction of sp³-hybridized carbons (Fsp3) is 0.292. The van der Waals surface area contributed by atoms with Gasteiger partial charge in [0, 0.05) is 17.5 Å². The van der Waals surface area contributed by atoms with Crippen molar-refractivity contribution in [3.8, 4) is 5.69 Å². The number of nitrogens with one attached hydrogen (secondary N) is 1. The Kier molecular flexibility index (Phi) is 4.61. The summed E-state index contributed by atoms with van der Waals surface area (Å²) in [5, 5.41) is 7.68. The van der Waals surface area contributed by atoms with Gasteiger partial charge in [-0.15, -0.1) is 0 Å². The average molecular weight is 387 g/mol. The van der Waals surface area contributed by atoms with E-state index in [1.165, 1.54) is 0 Å². The topological polar surface area (TPSA) is 64.0 Å². The highest BCUT2D eigenvalue weighted by molar-refractivity contribution is 6.08. The summed E-state index contributed by atoms with van der Waals surface area (Å²) in [6.07, 6.45) is 0.137. The third-order valence-electron chi connectivity index (χ3n) is 5.87. The Morgan fingerprint density at radius 3 is 2.55 bits per heavy atom. The number of benzene rings is 2. The predicted octanol–water partition coefficient (Wildman–Crippen LogP) is 4.72. The first kappa shape index (κ1) is 19.1. The van der Waals surface area contributed by atoms with Crippen molar-refractivity contribution in [3.05, 3.63) is 75.5 Å². The molecular formula is C24H25N3O2. The second-order valence-electron chi connectivity index (χ2n) is 7.97. The van der Waals surface area contributed by atoms with Crippen LogP contribution in [0.25, 0.3) is 5.69 Å². The molecule has 0 bridgehead atoms.